The number of anilines is 2. The van der Waals surface area contributed by atoms with E-state index < -0.39 is 17.3 Å². The predicted octanol–water partition coefficient (Wildman–Crippen LogP) is 5.60. The van der Waals surface area contributed by atoms with E-state index in [9.17, 15) is 18.0 Å². The number of fused-ring (bicyclic) bond motifs is 3. The van der Waals surface area contributed by atoms with Crippen LogP contribution in [0.5, 0.6) is 5.75 Å². The van der Waals surface area contributed by atoms with E-state index in [0.29, 0.717) is 48.6 Å². The molecule has 2 aromatic carbocycles. The maximum Gasteiger partial charge on any atom is 0.416 e. The number of nitrogens with one attached hydrogen (secondary N) is 1. The number of carbonyl (C=O) groups excluding carboxylic acids is 1. The van der Waals surface area contributed by atoms with Crippen LogP contribution in [0, 0.1) is 0 Å². The summed E-state index contributed by atoms with van der Waals surface area (Å²) in [7, 11) is 5.40. The van der Waals surface area contributed by atoms with Gasteiger partial charge in [0, 0.05) is 50.2 Å². The fraction of sp³-hybridized carbons (Fsp3) is 0.393. The van der Waals surface area contributed by atoms with Gasteiger partial charge in [0.05, 0.1) is 29.7 Å². The van der Waals surface area contributed by atoms with E-state index in [0.717, 1.165) is 30.3 Å². The van der Waals surface area contributed by atoms with Crippen LogP contribution >= 0.6 is 0 Å². The van der Waals surface area contributed by atoms with Gasteiger partial charge in [-0.2, -0.15) is 13.2 Å². The van der Waals surface area contributed by atoms with E-state index in [1.165, 1.54) is 6.07 Å². The number of aryl methyl sites for hydroxylation is 1. The van der Waals surface area contributed by atoms with Gasteiger partial charge in [-0.3, -0.25) is 4.79 Å². The van der Waals surface area contributed by atoms with Crippen LogP contribution in [0.15, 0.2) is 54.7 Å². The molecule has 0 saturated carbocycles. The smallest absolute Gasteiger partial charge is 0.416 e. The highest BCUT2D eigenvalue weighted by molar-refractivity contribution is 5.95. The Kier molecular flexibility index (Phi) is 6.33. The highest BCUT2D eigenvalue weighted by Crippen LogP contribution is 2.40. The van der Waals surface area contributed by atoms with Gasteiger partial charge in [0.1, 0.15) is 5.75 Å². The Bertz CT molecular complexity index is 1310. The highest BCUT2D eigenvalue weighted by Gasteiger charge is 2.39. The molecule has 1 spiro atoms. The second kappa shape index (κ2) is 9.36. The van der Waals surface area contributed by atoms with Crippen molar-refractivity contribution in [1.82, 2.24) is 9.47 Å². The third-order valence-electron chi connectivity index (χ3n) is 7.59. The Labute approximate surface area is 214 Å². The van der Waals surface area contributed by atoms with Crippen molar-refractivity contribution in [2.45, 2.75) is 37.4 Å². The van der Waals surface area contributed by atoms with Gasteiger partial charge >= 0.3 is 6.18 Å². The van der Waals surface area contributed by atoms with Crippen molar-refractivity contribution in [3.63, 3.8) is 0 Å². The van der Waals surface area contributed by atoms with Gasteiger partial charge < -0.3 is 24.4 Å². The third-order valence-corrected chi connectivity index (χ3v) is 7.59. The lowest BCUT2D eigenvalue weighted by Crippen LogP contribution is -2.51. The molecule has 0 unspecified atom stereocenters. The summed E-state index contributed by atoms with van der Waals surface area (Å²) in [4.78, 5) is 17.1. The van der Waals surface area contributed by atoms with Crippen LogP contribution in [0.3, 0.4) is 0 Å². The molecule has 6 nitrogen and oxygen atoms in total. The first-order chi connectivity index (χ1) is 17.6. The van der Waals surface area contributed by atoms with Crippen LogP contribution in [0.4, 0.5) is 24.5 Å². The van der Waals surface area contributed by atoms with Gasteiger partial charge in [0.2, 0.25) is 0 Å². The quantitative estimate of drug-likeness (QED) is 0.496. The maximum absolute atomic E-state index is 13.5. The average molecular weight is 513 g/mol. The molecule has 2 aliphatic heterocycles. The number of ether oxygens (including phenoxy) is 1. The van der Waals surface area contributed by atoms with Crippen LogP contribution in [-0.4, -0.2) is 55.2 Å². The molecular formula is C28H31F3N4O2. The Morgan fingerprint density at radius 2 is 1.81 bits per heavy atom. The van der Waals surface area contributed by atoms with Gasteiger partial charge in [0.25, 0.3) is 5.91 Å². The van der Waals surface area contributed by atoms with Crippen molar-refractivity contribution in [3.05, 3.63) is 71.5 Å². The summed E-state index contributed by atoms with van der Waals surface area (Å²) in [6.07, 6.45) is 0.309. The zero-order chi connectivity index (χ0) is 26.4. The number of nitrogens with zero attached hydrogens (tertiary/aromatic N) is 3. The molecule has 5 rings (SSSR count). The second-order valence-electron chi connectivity index (χ2n) is 10.1. The first kappa shape index (κ1) is 25.0. The van der Waals surface area contributed by atoms with Crippen molar-refractivity contribution < 1.29 is 22.7 Å². The number of benzene rings is 2. The van der Waals surface area contributed by atoms with E-state index in [2.05, 4.69) is 5.32 Å². The largest absolute Gasteiger partial charge is 0.495 e. The summed E-state index contributed by atoms with van der Waals surface area (Å²) in [5, 5.41) is 3.51. The first-order valence-corrected chi connectivity index (χ1v) is 12.4. The van der Waals surface area contributed by atoms with Crippen molar-refractivity contribution in [2.75, 3.05) is 44.5 Å². The van der Waals surface area contributed by atoms with Crippen molar-refractivity contribution >= 4 is 17.3 Å². The van der Waals surface area contributed by atoms with Crippen molar-refractivity contribution in [3.8, 4) is 11.4 Å². The molecule has 1 fully saturated rings. The zero-order valence-corrected chi connectivity index (χ0v) is 21.2. The molecule has 3 aromatic rings. The van der Waals surface area contributed by atoms with Crippen LogP contribution in [0.25, 0.3) is 5.69 Å². The molecular weight excluding hydrogens is 481 g/mol. The van der Waals surface area contributed by atoms with E-state index in [4.69, 9.17) is 4.74 Å². The number of aromatic nitrogens is 1. The number of likely N-dealkylation sites (tertiary alicyclic amines) is 1. The lowest BCUT2D eigenvalue weighted by Gasteiger charge is -2.44. The fourth-order valence-electron chi connectivity index (χ4n) is 5.46. The first-order valence-electron chi connectivity index (χ1n) is 12.4. The van der Waals surface area contributed by atoms with Crippen LogP contribution in [0.2, 0.25) is 0 Å². The lowest BCUT2D eigenvalue weighted by molar-refractivity contribution is -0.137. The molecule has 1 amide bonds. The SMILES string of the molecule is COc1ccc(C(=O)N2CCC3(CCc4cccn4-c4ccc(C(F)(F)F)cc4N3)CC2)cc1N(C)C. The normalized spacial score (nSPS) is 16.8. The predicted molar refractivity (Wildman–Crippen MR) is 138 cm³/mol. The van der Waals surface area contributed by atoms with Gasteiger partial charge in [-0.1, -0.05) is 0 Å². The number of piperidine rings is 1. The number of rotatable bonds is 3. The zero-order valence-electron chi connectivity index (χ0n) is 21.2. The van der Waals surface area contributed by atoms with E-state index in [-0.39, 0.29) is 5.91 Å². The maximum atomic E-state index is 13.5. The number of halogens is 3. The van der Waals surface area contributed by atoms with Gasteiger partial charge in [-0.15, -0.1) is 0 Å². The summed E-state index contributed by atoms with van der Waals surface area (Å²) >= 11 is 0. The summed E-state index contributed by atoms with van der Waals surface area (Å²) in [6, 6.07) is 13.2. The Hall–Kier alpha value is -3.62. The van der Waals surface area contributed by atoms with Crippen LogP contribution in [-0.2, 0) is 12.6 Å². The number of methoxy groups -OCH3 is 1. The monoisotopic (exact) mass is 512 g/mol. The molecule has 1 aromatic heterocycles. The molecule has 1 saturated heterocycles. The number of hydrogen-bond acceptors (Lipinski definition) is 4. The van der Waals surface area contributed by atoms with Gasteiger partial charge in [-0.25, -0.2) is 0 Å². The minimum atomic E-state index is -4.43. The number of carbonyl (C=O) groups is 1. The fourth-order valence-corrected chi connectivity index (χ4v) is 5.46. The lowest BCUT2D eigenvalue weighted by atomic mass is 9.81. The topological polar surface area (TPSA) is 49.7 Å². The summed E-state index contributed by atoms with van der Waals surface area (Å²) < 4.78 is 48.0. The second-order valence-corrected chi connectivity index (χ2v) is 10.1. The van der Waals surface area contributed by atoms with Crippen LogP contribution < -0.4 is 15.0 Å². The summed E-state index contributed by atoms with van der Waals surface area (Å²) in [6.45, 7) is 1.04. The van der Waals surface area contributed by atoms with E-state index in [1.54, 1.807) is 25.3 Å². The van der Waals surface area contributed by atoms with E-state index >= 15 is 0 Å². The van der Waals surface area contributed by atoms with E-state index in [1.807, 2.05) is 52.9 Å². The minimum Gasteiger partial charge on any atom is -0.495 e. The Balaban J connectivity index is 1.40. The molecule has 3 heterocycles. The Morgan fingerprint density at radius 3 is 2.49 bits per heavy atom. The standard InChI is InChI=1S/C28H31F3N4O2/c1-33(2)24-17-19(6-9-25(24)37-3)26(36)34-15-12-27(13-16-34)11-10-21-5-4-14-35(21)23-8-7-20(28(29,30)31)18-22(23)32-27/h4-9,14,17-18,32H,10-13,15-16H2,1-3H3. The van der Waals surface area contributed by atoms with Gasteiger partial charge in [0.15, 0.2) is 0 Å². The summed E-state index contributed by atoms with van der Waals surface area (Å²) in [5.41, 5.74) is 2.58. The third kappa shape index (κ3) is 4.74. The van der Waals surface area contributed by atoms with Crippen LogP contribution in [0.1, 0.15) is 40.9 Å². The highest BCUT2D eigenvalue weighted by atomic mass is 19.4. The molecule has 0 radical (unpaired) electrons. The molecule has 196 valence electrons. The van der Waals surface area contributed by atoms with Crippen molar-refractivity contribution in [2.24, 2.45) is 0 Å². The minimum absolute atomic E-state index is 0.0555. The number of alkyl halides is 3. The molecule has 2 aliphatic rings. The summed E-state index contributed by atoms with van der Waals surface area (Å²) in [5.74, 6) is 0.639. The molecule has 0 atom stereocenters. The molecule has 0 aliphatic carbocycles. The Morgan fingerprint density at radius 1 is 1.05 bits per heavy atom. The molecule has 37 heavy (non-hydrogen) atoms. The molecule has 0 bridgehead atoms. The average Bonchev–Trinajstić information content (AvgIpc) is 3.33. The van der Waals surface area contributed by atoms with Crippen molar-refractivity contribution in [1.29, 1.82) is 0 Å². The molecule has 9 heteroatoms. The number of amides is 1. The number of hydrogen-bond donors (Lipinski definition) is 1. The van der Waals surface area contributed by atoms with Gasteiger partial charge in [-0.05, 0) is 74.2 Å². The molecule has 1 N–H and O–H groups in total.